The summed E-state index contributed by atoms with van der Waals surface area (Å²) < 4.78 is 5.71. The molecule has 1 aliphatic heterocycles. The number of methoxy groups -OCH3 is 1. The number of halogens is 1. The summed E-state index contributed by atoms with van der Waals surface area (Å²) in [7, 11) is 3.62. The summed E-state index contributed by atoms with van der Waals surface area (Å²) in [4.78, 5) is 21.2. The van der Waals surface area contributed by atoms with Crippen molar-refractivity contribution in [3.63, 3.8) is 0 Å². The number of guanidine groups is 1. The number of ether oxygens (including phenoxy) is 1. The van der Waals surface area contributed by atoms with E-state index in [1.807, 2.05) is 7.05 Å². The fourth-order valence-corrected chi connectivity index (χ4v) is 4.52. The SMILES string of the molecule is CN=C(NCCN1CCN(C(=O)C2CCC2)CC1)NC1CC(C)(OC)C1(C)C.I. The number of piperazine rings is 1. The van der Waals surface area contributed by atoms with Crippen LogP contribution in [0.5, 0.6) is 0 Å². The van der Waals surface area contributed by atoms with Gasteiger partial charge >= 0.3 is 0 Å². The maximum atomic E-state index is 12.3. The molecule has 1 heterocycles. The smallest absolute Gasteiger partial charge is 0.225 e. The van der Waals surface area contributed by atoms with E-state index >= 15 is 0 Å². The van der Waals surface area contributed by atoms with E-state index in [4.69, 9.17) is 4.74 Å². The van der Waals surface area contributed by atoms with Crippen molar-refractivity contribution in [1.82, 2.24) is 20.4 Å². The van der Waals surface area contributed by atoms with Gasteiger partial charge in [-0.15, -0.1) is 24.0 Å². The van der Waals surface area contributed by atoms with Crippen molar-refractivity contribution in [2.45, 2.75) is 58.1 Å². The summed E-state index contributed by atoms with van der Waals surface area (Å²) in [6.07, 6.45) is 4.39. The molecule has 2 unspecified atom stereocenters. The summed E-state index contributed by atoms with van der Waals surface area (Å²) in [5, 5.41) is 7.00. The Morgan fingerprint density at radius 1 is 1.17 bits per heavy atom. The van der Waals surface area contributed by atoms with E-state index in [0.717, 1.165) is 64.5 Å². The number of carbonyl (C=O) groups excluding carboxylic acids is 1. The molecule has 3 rings (SSSR count). The number of aliphatic imine (C=N–C) groups is 1. The number of nitrogens with one attached hydrogen (secondary N) is 2. The van der Waals surface area contributed by atoms with Crippen molar-refractivity contribution in [2.24, 2.45) is 16.3 Å². The highest BCUT2D eigenvalue weighted by molar-refractivity contribution is 14.0. The van der Waals surface area contributed by atoms with Crippen molar-refractivity contribution in [3.8, 4) is 0 Å². The van der Waals surface area contributed by atoms with Gasteiger partial charge in [-0.2, -0.15) is 0 Å². The van der Waals surface area contributed by atoms with Crippen LogP contribution in [0.3, 0.4) is 0 Å². The van der Waals surface area contributed by atoms with Crippen LogP contribution in [0.2, 0.25) is 0 Å². The molecule has 0 aromatic heterocycles. The second kappa shape index (κ2) is 10.1. The maximum Gasteiger partial charge on any atom is 0.225 e. The third-order valence-corrected chi connectivity index (χ3v) is 7.67. The molecule has 0 radical (unpaired) electrons. The van der Waals surface area contributed by atoms with Crippen LogP contribution in [0.1, 0.15) is 46.5 Å². The molecule has 3 fully saturated rings. The van der Waals surface area contributed by atoms with Gasteiger partial charge < -0.3 is 20.3 Å². The molecule has 0 spiro atoms. The predicted octanol–water partition coefficient (Wildman–Crippen LogP) is 1.92. The Balaban J connectivity index is 0.00000300. The number of amides is 1. The van der Waals surface area contributed by atoms with Gasteiger partial charge in [-0.25, -0.2) is 0 Å². The summed E-state index contributed by atoms with van der Waals surface area (Å²) in [5.74, 6) is 1.56. The van der Waals surface area contributed by atoms with Gasteiger partial charge in [0.1, 0.15) is 0 Å². The monoisotopic (exact) mass is 521 g/mol. The highest BCUT2D eigenvalue weighted by Crippen LogP contribution is 2.51. The zero-order valence-electron chi connectivity index (χ0n) is 18.8. The average molecular weight is 521 g/mol. The molecule has 2 aliphatic carbocycles. The predicted molar refractivity (Wildman–Crippen MR) is 128 cm³/mol. The molecule has 29 heavy (non-hydrogen) atoms. The van der Waals surface area contributed by atoms with Gasteiger partial charge in [0.05, 0.1) is 5.60 Å². The van der Waals surface area contributed by atoms with Crippen LogP contribution in [0, 0.1) is 11.3 Å². The van der Waals surface area contributed by atoms with Crippen molar-refractivity contribution >= 4 is 35.8 Å². The normalized spacial score (nSPS) is 30.0. The molecular weight excluding hydrogens is 481 g/mol. The number of hydrogen-bond donors (Lipinski definition) is 2. The van der Waals surface area contributed by atoms with Gasteiger partial charge in [-0.3, -0.25) is 14.7 Å². The Kier molecular flexibility index (Phi) is 8.61. The first kappa shape index (κ1) is 24.7. The van der Waals surface area contributed by atoms with Crippen molar-refractivity contribution in [1.29, 1.82) is 0 Å². The van der Waals surface area contributed by atoms with Crippen LogP contribution >= 0.6 is 24.0 Å². The van der Waals surface area contributed by atoms with Gasteiger partial charge in [0, 0.05) is 70.8 Å². The Morgan fingerprint density at radius 2 is 1.83 bits per heavy atom. The number of nitrogens with zero attached hydrogens (tertiary/aromatic N) is 3. The molecular formula is C21H40IN5O2. The zero-order chi connectivity index (χ0) is 20.4. The topological polar surface area (TPSA) is 69.2 Å². The van der Waals surface area contributed by atoms with Crippen LogP contribution in [0.15, 0.2) is 4.99 Å². The van der Waals surface area contributed by atoms with E-state index in [0.29, 0.717) is 17.9 Å². The molecule has 2 saturated carbocycles. The highest BCUT2D eigenvalue weighted by Gasteiger charge is 2.58. The number of rotatable bonds is 6. The van der Waals surface area contributed by atoms with E-state index in [1.54, 1.807) is 7.11 Å². The van der Waals surface area contributed by atoms with Crippen molar-refractivity contribution in [3.05, 3.63) is 0 Å². The molecule has 1 saturated heterocycles. The molecule has 7 nitrogen and oxygen atoms in total. The Labute approximate surface area is 193 Å². The summed E-state index contributed by atoms with van der Waals surface area (Å²) in [6.45, 7) is 12.2. The van der Waals surface area contributed by atoms with E-state index in [1.165, 1.54) is 6.42 Å². The molecule has 0 aromatic rings. The first-order chi connectivity index (χ1) is 13.3. The first-order valence-electron chi connectivity index (χ1n) is 10.8. The third kappa shape index (κ3) is 5.18. The van der Waals surface area contributed by atoms with Gasteiger partial charge in [-0.1, -0.05) is 20.3 Å². The van der Waals surface area contributed by atoms with E-state index < -0.39 is 0 Å². The summed E-state index contributed by atoms with van der Waals surface area (Å²) in [6, 6.07) is 0.352. The molecule has 1 amide bonds. The fraction of sp³-hybridized carbons (Fsp3) is 0.905. The second-order valence-corrected chi connectivity index (χ2v) is 9.35. The number of carbonyl (C=O) groups is 1. The minimum Gasteiger partial charge on any atom is -0.378 e. The van der Waals surface area contributed by atoms with E-state index in [2.05, 4.69) is 46.2 Å². The quantitative estimate of drug-likeness (QED) is 0.318. The second-order valence-electron chi connectivity index (χ2n) is 9.35. The molecule has 2 atom stereocenters. The fourth-order valence-electron chi connectivity index (χ4n) is 4.52. The molecule has 0 aromatic carbocycles. The Bertz CT molecular complexity index is 588. The first-order valence-corrected chi connectivity index (χ1v) is 10.8. The van der Waals surface area contributed by atoms with Gasteiger partial charge in [-0.05, 0) is 26.2 Å². The minimum atomic E-state index is -0.0832. The zero-order valence-corrected chi connectivity index (χ0v) is 21.1. The Morgan fingerprint density at radius 3 is 2.31 bits per heavy atom. The van der Waals surface area contributed by atoms with Crippen molar-refractivity contribution in [2.75, 3.05) is 53.4 Å². The molecule has 3 aliphatic rings. The van der Waals surface area contributed by atoms with Crippen LogP contribution in [-0.4, -0.2) is 86.7 Å². The van der Waals surface area contributed by atoms with Crippen LogP contribution < -0.4 is 10.6 Å². The van der Waals surface area contributed by atoms with Crippen LogP contribution in [-0.2, 0) is 9.53 Å². The van der Waals surface area contributed by atoms with Gasteiger partial charge in [0.2, 0.25) is 5.91 Å². The third-order valence-electron chi connectivity index (χ3n) is 7.67. The lowest BCUT2D eigenvalue weighted by atomic mass is 9.56. The Hall–Kier alpha value is -0.610. The van der Waals surface area contributed by atoms with Gasteiger partial charge in [0.25, 0.3) is 0 Å². The highest BCUT2D eigenvalue weighted by atomic mass is 127. The molecule has 8 heteroatoms. The summed E-state index contributed by atoms with van der Waals surface area (Å²) >= 11 is 0. The van der Waals surface area contributed by atoms with Crippen molar-refractivity contribution < 1.29 is 9.53 Å². The largest absolute Gasteiger partial charge is 0.378 e. The maximum absolute atomic E-state index is 12.3. The lowest BCUT2D eigenvalue weighted by molar-refractivity contribution is -0.176. The van der Waals surface area contributed by atoms with Crippen LogP contribution in [0.4, 0.5) is 0 Å². The van der Waals surface area contributed by atoms with E-state index in [-0.39, 0.29) is 35.0 Å². The standard InChI is InChI=1S/C21H39N5O2.HI/c1-20(2)17(15-21(20,3)28-5)24-19(22-4)23-9-10-25-11-13-26(14-12-25)18(27)16-7-6-8-16;/h16-17H,6-15H2,1-5H3,(H2,22,23,24);1H. The number of hydrogen-bond acceptors (Lipinski definition) is 4. The molecule has 168 valence electrons. The van der Waals surface area contributed by atoms with E-state index in [9.17, 15) is 4.79 Å². The minimum absolute atomic E-state index is 0. The summed E-state index contributed by atoms with van der Waals surface area (Å²) in [5.41, 5.74) is -0.0250. The lowest BCUT2D eigenvalue weighted by Gasteiger charge is -2.59. The van der Waals surface area contributed by atoms with Crippen LogP contribution in [0.25, 0.3) is 0 Å². The average Bonchev–Trinajstić information content (AvgIpc) is 2.65. The molecule has 0 bridgehead atoms. The lowest BCUT2D eigenvalue weighted by Crippen LogP contribution is -2.69. The molecule has 2 N–H and O–H groups in total. The van der Waals surface area contributed by atoms with Gasteiger partial charge in [0.15, 0.2) is 5.96 Å².